The Balaban J connectivity index is 1.54. The molecule has 1 aliphatic heterocycles. The summed E-state index contributed by atoms with van der Waals surface area (Å²) in [5.74, 6) is 6.96. The summed E-state index contributed by atoms with van der Waals surface area (Å²) in [7, 11) is 1.68. The third kappa shape index (κ3) is 3.90. The second kappa shape index (κ2) is 7.65. The Bertz CT molecular complexity index is 872. The van der Waals surface area contributed by atoms with Gasteiger partial charge in [0.1, 0.15) is 12.3 Å². The molecule has 0 bridgehead atoms. The minimum absolute atomic E-state index is 0.0784. The Hall–Kier alpha value is -2.75. The van der Waals surface area contributed by atoms with E-state index in [0.717, 1.165) is 16.4 Å². The van der Waals surface area contributed by atoms with Crippen LogP contribution >= 0.6 is 11.8 Å². The predicted molar refractivity (Wildman–Crippen MR) is 95.9 cm³/mol. The van der Waals surface area contributed by atoms with Gasteiger partial charge in [-0.1, -0.05) is 23.9 Å². The molecule has 0 saturated heterocycles. The van der Waals surface area contributed by atoms with Gasteiger partial charge in [-0.2, -0.15) is 4.68 Å². The van der Waals surface area contributed by atoms with Crippen molar-refractivity contribution in [2.75, 3.05) is 31.8 Å². The van der Waals surface area contributed by atoms with E-state index in [9.17, 15) is 9.59 Å². The molecule has 2 N–H and O–H groups in total. The third-order valence-corrected chi connectivity index (χ3v) is 4.74. The van der Waals surface area contributed by atoms with Crippen molar-refractivity contribution < 1.29 is 14.3 Å². The number of fused-ring (bicyclic) bond motifs is 1. The third-order valence-electron chi connectivity index (χ3n) is 3.82. The summed E-state index contributed by atoms with van der Waals surface area (Å²) >= 11 is 1.06. The molecule has 1 amide bonds. The number of ether oxygens (including phenoxy) is 2. The first-order valence-corrected chi connectivity index (χ1v) is 8.91. The van der Waals surface area contributed by atoms with Crippen molar-refractivity contribution >= 4 is 17.7 Å². The molecule has 1 aromatic carbocycles. The first kappa shape index (κ1) is 18.1. The SMILES string of the molecule is Cc1nnc(SCC(=O)N(C)CC2COc3ccccc3O2)n(N)c1=O. The second-order valence-electron chi connectivity index (χ2n) is 5.80. The summed E-state index contributed by atoms with van der Waals surface area (Å²) in [6, 6.07) is 7.41. The van der Waals surface area contributed by atoms with Gasteiger partial charge < -0.3 is 20.2 Å². The van der Waals surface area contributed by atoms with Gasteiger partial charge in [0.15, 0.2) is 17.6 Å². The number of likely N-dealkylation sites (N-methyl/N-ethyl adjacent to an activating group) is 1. The molecule has 1 unspecified atom stereocenters. The normalized spacial score (nSPS) is 15.5. The fraction of sp³-hybridized carbons (Fsp3) is 0.375. The molecule has 0 spiro atoms. The smallest absolute Gasteiger partial charge is 0.294 e. The number of amides is 1. The molecule has 26 heavy (non-hydrogen) atoms. The zero-order valence-corrected chi connectivity index (χ0v) is 15.2. The van der Waals surface area contributed by atoms with Crippen LogP contribution in [0.15, 0.2) is 34.2 Å². The number of hydrogen-bond acceptors (Lipinski definition) is 8. The van der Waals surface area contributed by atoms with Gasteiger partial charge >= 0.3 is 0 Å². The molecule has 9 nitrogen and oxygen atoms in total. The van der Waals surface area contributed by atoms with E-state index in [-0.39, 0.29) is 28.6 Å². The monoisotopic (exact) mass is 377 g/mol. The fourth-order valence-electron chi connectivity index (χ4n) is 2.37. The minimum Gasteiger partial charge on any atom is -0.486 e. The van der Waals surface area contributed by atoms with Crippen LogP contribution in [-0.2, 0) is 4.79 Å². The molecule has 1 atom stereocenters. The number of aromatic nitrogens is 3. The van der Waals surface area contributed by atoms with Crippen LogP contribution in [0.25, 0.3) is 0 Å². The largest absolute Gasteiger partial charge is 0.486 e. The summed E-state index contributed by atoms with van der Waals surface area (Å²) in [5, 5.41) is 7.77. The van der Waals surface area contributed by atoms with Gasteiger partial charge in [-0.25, -0.2) is 0 Å². The maximum Gasteiger partial charge on any atom is 0.294 e. The molecule has 2 aromatic rings. The highest BCUT2D eigenvalue weighted by molar-refractivity contribution is 7.99. The van der Waals surface area contributed by atoms with E-state index in [0.29, 0.717) is 24.7 Å². The summed E-state index contributed by atoms with van der Waals surface area (Å²) in [4.78, 5) is 25.6. The molecule has 0 radical (unpaired) electrons. The van der Waals surface area contributed by atoms with Crippen LogP contribution in [0.1, 0.15) is 5.69 Å². The van der Waals surface area contributed by atoms with Gasteiger partial charge in [0.05, 0.1) is 12.3 Å². The maximum absolute atomic E-state index is 12.3. The molecule has 1 aromatic heterocycles. The van der Waals surface area contributed by atoms with Gasteiger partial charge in [-0.05, 0) is 19.1 Å². The molecule has 3 rings (SSSR count). The molecule has 138 valence electrons. The van der Waals surface area contributed by atoms with Gasteiger partial charge in [0.2, 0.25) is 11.1 Å². The first-order valence-electron chi connectivity index (χ1n) is 7.92. The summed E-state index contributed by atoms with van der Waals surface area (Å²) in [6.45, 7) is 2.27. The maximum atomic E-state index is 12.3. The van der Waals surface area contributed by atoms with Crippen molar-refractivity contribution in [1.82, 2.24) is 19.8 Å². The highest BCUT2D eigenvalue weighted by Crippen LogP contribution is 2.30. The van der Waals surface area contributed by atoms with Gasteiger partial charge in [-0.3, -0.25) is 9.59 Å². The lowest BCUT2D eigenvalue weighted by Gasteiger charge is -2.29. The van der Waals surface area contributed by atoms with Crippen LogP contribution < -0.4 is 20.9 Å². The fourth-order valence-corrected chi connectivity index (χ4v) is 3.16. The number of nitrogens with zero attached hydrogens (tertiary/aromatic N) is 4. The van der Waals surface area contributed by atoms with E-state index in [1.165, 1.54) is 6.92 Å². The quantitative estimate of drug-likeness (QED) is 0.575. The number of nitrogen functional groups attached to an aromatic ring is 1. The molecular formula is C16H19N5O4S. The number of hydrogen-bond donors (Lipinski definition) is 1. The highest BCUT2D eigenvalue weighted by atomic mass is 32.2. The lowest BCUT2D eigenvalue weighted by atomic mass is 10.2. The van der Waals surface area contributed by atoms with Crippen LogP contribution in [0.3, 0.4) is 0 Å². The van der Waals surface area contributed by atoms with Crippen molar-refractivity contribution in [3.8, 4) is 11.5 Å². The number of benzene rings is 1. The van der Waals surface area contributed by atoms with Crippen molar-refractivity contribution in [2.45, 2.75) is 18.2 Å². The first-order chi connectivity index (χ1) is 12.5. The number of para-hydroxylation sites is 2. The Morgan fingerprint density at radius 1 is 1.38 bits per heavy atom. The summed E-state index contributed by atoms with van der Waals surface area (Å²) < 4.78 is 12.4. The van der Waals surface area contributed by atoms with Crippen LogP contribution in [0, 0.1) is 6.92 Å². The molecule has 10 heteroatoms. The lowest BCUT2D eigenvalue weighted by molar-refractivity contribution is -0.128. The van der Waals surface area contributed by atoms with E-state index < -0.39 is 5.56 Å². The average molecular weight is 377 g/mol. The topological polar surface area (TPSA) is 113 Å². The van der Waals surface area contributed by atoms with Gasteiger partial charge in [0, 0.05) is 7.05 Å². The van der Waals surface area contributed by atoms with Crippen molar-refractivity contribution in [3.05, 3.63) is 40.3 Å². The number of rotatable bonds is 5. The Morgan fingerprint density at radius 2 is 2.12 bits per heavy atom. The van der Waals surface area contributed by atoms with E-state index in [1.54, 1.807) is 11.9 Å². The molecule has 2 heterocycles. The van der Waals surface area contributed by atoms with Crippen LogP contribution in [-0.4, -0.2) is 57.7 Å². The Labute approximate surface area is 154 Å². The van der Waals surface area contributed by atoms with Crippen molar-refractivity contribution in [3.63, 3.8) is 0 Å². The minimum atomic E-state index is -0.435. The van der Waals surface area contributed by atoms with Crippen LogP contribution in [0.2, 0.25) is 0 Å². The van der Waals surface area contributed by atoms with Crippen LogP contribution in [0.5, 0.6) is 11.5 Å². The van der Waals surface area contributed by atoms with Gasteiger partial charge in [-0.15, -0.1) is 10.2 Å². The van der Waals surface area contributed by atoms with Crippen molar-refractivity contribution in [1.29, 1.82) is 0 Å². The van der Waals surface area contributed by atoms with E-state index in [1.807, 2.05) is 24.3 Å². The molecular weight excluding hydrogens is 358 g/mol. The summed E-state index contributed by atoms with van der Waals surface area (Å²) in [6.07, 6.45) is -0.254. The van der Waals surface area contributed by atoms with Crippen LogP contribution in [0.4, 0.5) is 0 Å². The molecule has 0 fully saturated rings. The van der Waals surface area contributed by atoms with E-state index >= 15 is 0 Å². The summed E-state index contributed by atoms with van der Waals surface area (Å²) in [5.41, 5.74) is -0.232. The van der Waals surface area contributed by atoms with E-state index in [4.69, 9.17) is 15.3 Å². The zero-order chi connectivity index (χ0) is 18.7. The lowest BCUT2D eigenvalue weighted by Crippen LogP contribution is -2.42. The molecule has 0 aliphatic carbocycles. The number of carbonyl (C=O) groups is 1. The van der Waals surface area contributed by atoms with Gasteiger partial charge in [0.25, 0.3) is 5.56 Å². The Kier molecular flexibility index (Phi) is 5.31. The average Bonchev–Trinajstić information content (AvgIpc) is 2.65. The highest BCUT2D eigenvalue weighted by Gasteiger charge is 2.24. The molecule has 0 saturated carbocycles. The second-order valence-corrected chi connectivity index (χ2v) is 6.75. The molecule has 1 aliphatic rings. The zero-order valence-electron chi connectivity index (χ0n) is 14.4. The number of carbonyl (C=O) groups excluding carboxylic acids is 1. The standard InChI is InChI=1S/C16H19N5O4S/c1-10-15(23)21(17)16(19-18-10)26-9-14(22)20(2)7-11-8-24-12-5-3-4-6-13(12)25-11/h3-6,11H,7-9,17H2,1-2H3. The van der Waals surface area contributed by atoms with E-state index in [2.05, 4.69) is 10.2 Å². The predicted octanol–water partition coefficient (Wildman–Crippen LogP) is 0.0510. The Morgan fingerprint density at radius 3 is 2.88 bits per heavy atom. The number of thioether (sulfide) groups is 1. The van der Waals surface area contributed by atoms with Crippen molar-refractivity contribution in [2.24, 2.45) is 0 Å². The number of nitrogens with two attached hydrogens (primary N) is 1. The number of aryl methyl sites for hydroxylation is 1.